The van der Waals surface area contributed by atoms with E-state index in [0.29, 0.717) is 16.5 Å². The Labute approximate surface area is 140 Å². The van der Waals surface area contributed by atoms with E-state index in [1.165, 1.54) is 19.1 Å². The third kappa shape index (κ3) is 4.35. The van der Waals surface area contributed by atoms with Crippen LogP contribution in [0.1, 0.15) is 13.8 Å². The van der Waals surface area contributed by atoms with Crippen molar-refractivity contribution in [2.24, 2.45) is 0 Å². The van der Waals surface area contributed by atoms with Crippen molar-refractivity contribution < 1.29 is 32.7 Å². The molecular weight excluding hydrogens is 336 g/mol. The molecule has 0 bridgehead atoms. The van der Waals surface area contributed by atoms with Gasteiger partial charge < -0.3 is 19.7 Å². The summed E-state index contributed by atoms with van der Waals surface area (Å²) in [4.78, 5) is -0.386. The number of hydrogen-bond acceptors (Lipinski definition) is 6. The Hall–Kier alpha value is -1.87. The SMILES string of the molecule is CC(O)COc1cccc2c(OCC(C)O)c(S(=O)(=O)O)ccc12. The van der Waals surface area contributed by atoms with Gasteiger partial charge in [-0.15, -0.1) is 0 Å². The zero-order valence-corrected chi connectivity index (χ0v) is 14.2. The Morgan fingerprint density at radius 3 is 2.17 bits per heavy atom. The fraction of sp³-hybridized carbons (Fsp3) is 0.375. The minimum absolute atomic E-state index is 0.0570. The molecule has 0 heterocycles. The minimum atomic E-state index is -4.50. The van der Waals surface area contributed by atoms with Gasteiger partial charge in [0.05, 0.1) is 12.2 Å². The Morgan fingerprint density at radius 2 is 1.58 bits per heavy atom. The number of rotatable bonds is 7. The van der Waals surface area contributed by atoms with Gasteiger partial charge in [-0.05, 0) is 32.0 Å². The molecule has 0 saturated carbocycles. The molecular formula is C16H20O7S. The summed E-state index contributed by atoms with van der Waals surface area (Å²) < 4.78 is 43.5. The van der Waals surface area contributed by atoms with Crippen LogP contribution in [0.5, 0.6) is 11.5 Å². The highest BCUT2D eigenvalue weighted by atomic mass is 32.2. The molecule has 0 aromatic heterocycles. The standard InChI is InChI=1S/C16H20O7S/c1-10(17)8-22-14-5-3-4-13-12(14)6-7-15(24(19,20)21)16(13)23-9-11(2)18/h3-7,10-11,17-18H,8-9H2,1-2H3,(H,19,20,21). The zero-order chi connectivity index (χ0) is 17.9. The van der Waals surface area contributed by atoms with Crippen molar-refractivity contribution >= 4 is 20.9 Å². The van der Waals surface area contributed by atoms with Gasteiger partial charge >= 0.3 is 0 Å². The molecule has 0 aliphatic heterocycles. The predicted molar refractivity (Wildman–Crippen MR) is 88.1 cm³/mol. The van der Waals surface area contributed by atoms with Crippen molar-refractivity contribution in [1.29, 1.82) is 0 Å². The molecule has 2 rings (SSSR count). The topological polar surface area (TPSA) is 113 Å². The molecule has 0 fully saturated rings. The van der Waals surface area contributed by atoms with Gasteiger partial charge in [0.1, 0.15) is 29.6 Å². The molecule has 0 aliphatic rings. The Balaban J connectivity index is 2.60. The van der Waals surface area contributed by atoms with Gasteiger partial charge in [-0.1, -0.05) is 12.1 Å². The van der Waals surface area contributed by atoms with E-state index in [1.807, 2.05) is 0 Å². The fourth-order valence-corrected chi connectivity index (χ4v) is 2.82. The summed E-state index contributed by atoms with van der Waals surface area (Å²) in [6.07, 6.45) is -1.48. The van der Waals surface area contributed by atoms with Crippen molar-refractivity contribution in [2.45, 2.75) is 31.0 Å². The van der Waals surface area contributed by atoms with E-state index in [9.17, 15) is 23.2 Å². The molecule has 24 heavy (non-hydrogen) atoms. The van der Waals surface area contributed by atoms with Gasteiger partial charge in [0.15, 0.2) is 0 Å². The summed E-state index contributed by atoms with van der Waals surface area (Å²) in [5.41, 5.74) is 0. The van der Waals surface area contributed by atoms with Crippen molar-refractivity contribution in [3.63, 3.8) is 0 Å². The van der Waals surface area contributed by atoms with Gasteiger partial charge in [0, 0.05) is 10.8 Å². The minimum Gasteiger partial charge on any atom is -0.490 e. The van der Waals surface area contributed by atoms with Gasteiger partial charge in [-0.2, -0.15) is 8.42 Å². The Bertz CT molecular complexity index is 813. The molecule has 3 N–H and O–H groups in total. The maximum atomic E-state index is 11.6. The Kier molecular flexibility index (Phi) is 5.66. The molecule has 0 spiro atoms. The number of ether oxygens (including phenoxy) is 2. The first kappa shape index (κ1) is 18.5. The fourth-order valence-electron chi connectivity index (χ4n) is 2.17. The van der Waals surface area contributed by atoms with Crippen molar-refractivity contribution in [2.75, 3.05) is 13.2 Å². The third-order valence-electron chi connectivity index (χ3n) is 3.16. The van der Waals surface area contributed by atoms with E-state index < -0.39 is 22.3 Å². The quantitative estimate of drug-likeness (QED) is 0.646. The lowest BCUT2D eigenvalue weighted by molar-refractivity contribution is 0.121. The van der Waals surface area contributed by atoms with Crippen molar-refractivity contribution in [1.82, 2.24) is 0 Å². The zero-order valence-electron chi connectivity index (χ0n) is 13.3. The van der Waals surface area contributed by atoms with E-state index >= 15 is 0 Å². The van der Waals surface area contributed by atoms with Crippen LogP contribution in [-0.4, -0.2) is 48.6 Å². The highest BCUT2D eigenvalue weighted by molar-refractivity contribution is 7.86. The third-order valence-corrected chi connectivity index (χ3v) is 4.04. The summed E-state index contributed by atoms with van der Waals surface area (Å²) in [6.45, 7) is 3.01. The molecule has 0 saturated heterocycles. The van der Waals surface area contributed by atoms with Crippen LogP contribution in [0.4, 0.5) is 0 Å². The average molecular weight is 356 g/mol. The first-order valence-corrected chi connectivity index (χ1v) is 8.79. The first-order valence-electron chi connectivity index (χ1n) is 7.35. The number of benzene rings is 2. The van der Waals surface area contributed by atoms with Crippen LogP contribution in [0.15, 0.2) is 35.2 Å². The summed E-state index contributed by atoms with van der Waals surface area (Å²) in [5, 5.41) is 19.7. The summed E-state index contributed by atoms with van der Waals surface area (Å²) in [5.74, 6) is 0.385. The average Bonchev–Trinajstić information content (AvgIpc) is 2.48. The van der Waals surface area contributed by atoms with Gasteiger partial charge in [-0.25, -0.2) is 0 Å². The second-order valence-corrected chi connectivity index (χ2v) is 6.93. The highest BCUT2D eigenvalue weighted by Gasteiger charge is 2.21. The molecule has 2 atom stereocenters. The molecule has 0 amide bonds. The van der Waals surface area contributed by atoms with Gasteiger partial charge in [0.25, 0.3) is 10.1 Å². The molecule has 7 nitrogen and oxygen atoms in total. The van der Waals surface area contributed by atoms with Crippen molar-refractivity contribution in [3.8, 4) is 11.5 Å². The van der Waals surface area contributed by atoms with E-state index in [2.05, 4.69) is 0 Å². The smallest absolute Gasteiger partial charge is 0.298 e. The molecule has 2 aromatic rings. The van der Waals surface area contributed by atoms with Crippen LogP contribution in [0.3, 0.4) is 0 Å². The molecule has 0 aliphatic carbocycles. The molecule has 132 valence electrons. The van der Waals surface area contributed by atoms with Crippen LogP contribution in [0, 0.1) is 0 Å². The van der Waals surface area contributed by atoms with Crippen LogP contribution in [0.25, 0.3) is 10.8 Å². The van der Waals surface area contributed by atoms with E-state index in [-0.39, 0.29) is 23.9 Å². The number of fused-ring (bicyclic) bond motifs is 1. The number of aliphatic hydroxyl groups is 2. The lowest BCUT2D eigenvalue weighted by atomic mass is 10.1. The number of hydrogen-bond donors (Lipinski definition) is 3. The number of aliphatic hydroxyl groups excluding tert-OH is 2. The van der Waals surface area contributed by atoms with Gasteiger partial charge in [0.2, 0.25) is 0 Å². The van der Waals surface area contributed by atoms with E-state index in [1.54, 1.807) is 25.1 Å². The molecule has 2 unspecified atom stereocenters. The second kappa shape index (κ2) is 7.35. The lowest BCUT2D eigenvalue weighted by Gasteiger charge is -2.16. The maximum absolute atomic E-state index is 11.6. The van der Waals surface area contributed by atoms with Crippen LogP contribution in [-0.2, 0) is 10.1 Å². The predicted octanol–water partition coefficient (Wildman–Crippen LogP) is 1.61. The molecule has 8 heteroatoms. The normalized spacial score (nSPS) is 14.4. The monoisotopic (exact) mass is 356 g/mol. The van der Waals surface area contributed by atoms with Crippen molar-refractivity contribution in [3.05, 3.63) is 30.3 Å². The second-order valence-electron chi connectivity index (χ2n) is 5.54. The van der Waals surface area contributed by atoms with Crippen LogP contribution < -0.4 is 9.47 Å². The highest BCUT2D eigenvalue weighted by Crippen LogP contribution is 2.37. The summed E-state index contributed by atoms with van der Waals surface area (Å²) >= 11 is 0. The maximum Gasteiger partial charge on any atom is 0.298 e. The van der Waals surface area contributed by atoms with Gasteiger partial charge in [-0.3, -0.25) is 4.55 Å². The Morgan fingerprint density at radius 1 is 0.958 bits per heavy atom. The van der Waals surface area contributed by atoms with E-state index in [4.69, 9.17) is 9.47 Å². The lowest BCUT2D eigenvalue weighted by Crippen LogP contribution is -2.15. The van der Waals surface area contributed by atoms with E-state index in [0.717, 1.165) is 0 Å². The largest absolute Gasteiger partial charge is 0.490 e. The summed E-state index contributed by atoms with van der Waals surface area (Å²) in [7, 11) is -4.50. The summed E-state index contributed by atoms with van der Waals surface area (Å²) in [6, 6.07) is 7.64. The van der Waals surface area contributed by atoms with Crippen LogP contribution in [0.2, 0.25) is 0 Å². The van der Waals surface area contributed by atoms with Crippen LogP contribution >= 0.6 is 0 Å². The molecule has 2 aromatic carbocycles. The first-order chi connectivity index (χ1) is 11.2. The molecule has 0 radical (unpaired) electrons.